The molecule has 2 rings (SSSR count). The van der Waals surface area contributed by atoms with Crippen LogP contribution in [0.4, 0.5) is 5.69 Å². The van der Waals surface area contributed by atoms with E-state index < -0.39 is 0 Å². The van der Waals surface area contributed by atoms with Crippen molar-refractivity contribution in [3.8, 4) is 0 Å². The van der Waals surface area contributed by atoms with Crippen molar-refractivity contribution in [3.63, 3.8) is 0 Å². The number of hydrogen-bond donors (Lipinski definition) is 3. The number of nitrogens with zero attached hydrogens (tertiary/aromatic N) is 1. The molecule has 1 aromatic rings. The van der Waals surface area contributed by atoms with Crippen molar-refractivity contribution in [2.24, 2.45) is 5.10 Å². The molecule has 0 saturated heterocycles. The van der Waals surface area contributed by atoms with Gasteiger partial charge in [-0.15, -0.1) is 0 Å². The fourth-order valence-electron chi connectivity index (χ4n) is 1.96. The van der Waals surface area contributed by atoms with Crippen molar-refractivity contribution in [1.82, 2.24) is 10.7 Å². The molecule has 0 fully saturated rings. The van der Waals surface area contributed by atoms with Crippen LogP contribution in [0.1, 0.15) is 24.8 Å². The first-order chi connectivity index (χ1) is 10.6. The number of amides is 3. The van der Waals surface area contributed by atoms with Gasteiger partial charge in [-0.2, -0.15) is 5.10 Å². The zero-order valence-electron chi connectivity index (χ0n) is 12.3. The molecule has 7 nitrogen and oxygen atoms in total. The Morgan fingerprint density at radius 1 is 1.27 bits per heavy atom. The minimum absolute atomic E-state index is 0.166. The molecule has 1 aliphatic rings. The SMILES string of the molecule is Cc1ccccc1NC(=O)CCNC(=O)C1=NNC(=O)CC1. The van der Waals surface area contributed by atoms with Crippen molar-refractivity contribution in [2.45, 2.75) is 26.2 Å². The van der Waals surface area contributed by atoms with E-state index in [-0.39, 0.29) is 42.8 Å². The first kappa shape index (κ1) is 15.7. The molecule has 1 heterocycles. The standard InChI is InChI=1S/C15H18N4O3/c1-10-4-2-3-5-11(10)17-13(20)8-9-16-15(22)12-6-7-14(21)19-18-12/h2-5H,6-9H2,1H3,(H,16,22)(H,17,20)(H,19,21). The van der Waals surface area contributed by atoms with E-state index in [2.05, 4.69) is 21.2 Å². The fourth-order valence-corrected chi connectivity index (χ4v) is 1.96. The minimum Gasteiger partial charge on any atom is -0.350 e. The number of nitrogens with one attached hydrogen (secondary N) is 3. The predicted molar refractivity (Wildman–Crippen MR) is 82.2 cm³/mol. The molecule has 0 atom stereocenters. The summed E-state index contributed by atoms with van der Waals surface area (Å²) >= 11 is 0. The summed E-state index contributed by atoms with van der Waals surface area (Å²) in [6, 6.07) is 7.48. The van der Waals surface area contributed by atoms with Gasteiger partial charge in [-0.1, -0.05) is 18.2 Å². The van der Waals surface area contributed by atoms with Gasteiger partial charge in [0.1, 0.15) is 5.71 Å². The van der Waals surface area contributed by atoms with E-state index in [0.717, 1.165) is 11.3 Å². The summed E-state index contributed by atoms with van der Waals surface area (Å²) in [4.78, 5) is 34.5. The summed E-state index contributed by atoms with van der Waals surface area (Å²) in [7, 11) is 0. The number of benzene rings is 1. The number of hydrogen-bond acceptors (Lipinski definition) is 4. The lowest BCUT2D eigenvalue weighted by Crippen LogP contribution is -2.38. The number of hydrazone groups is 1. The lowest BCUT2D eigenvalue weighted by atomic mass is 10.1. The smallest absolute Gasteiger partial charge is 0.267 e. The van der Waals surface area contributed by atoms with E-state index in [0.29, 0.717) is 6.42 Å². The Balaban J connectivity index is 1.74. The number of aryl methyl sites for hydroxylation is 1. The van der Waals surface area contributed by atoms with Gasteiger partial charge in [0, 0.05) is 31.5 Å². The van der Waals surface area contributed by atoms with Crippen LogP contribution in [0, 0.1) is 6.92 Å². The molecule has 0 aromatic heterocycles. The Morgan fingerprint density at radius 2 is 2.05 bits per heavy atom. The molecule has 0 unspecified atom stereocenters. The zero-order valence-corrected chi connectivity index (χ0v) is 12.3. The van der Waals surface area contributed by atoms with E-state index in [9.17, 15) is 14.4 Å². The maximum atomic E-state index is 11.8. The summed E-state index contributed by atoms with van der Waals surface area (Å²) in [6.45, 7) is 2.12. The van der Waals surface area contributed by atoms with Crippen LogP contribution in [-0.4, -0.2) is 30.0 Å². The van der Waals surface area contributed by atoms with Crippen LogP contribution in [0.3, 0.4) is 0 Å². The second-order valence-corrected chi connectivity index (χ2v) is 4.96. The monoisotopic (exact) mass is 302 g/mol. The molecular weight excluding hydrogens is 284 g/mol. The molecule has 116 valence electrons. The third-order valence-electron chi connectivity index (χ3n) is 3.22. The van der Waals surface area contributed by atoms with Crippen LogP contribution in [0.25, 0.3) is 0 Å². The van der Waals surface area contributed by atoms with E-state index in [1.807, 2.05) is 31.2 Å². The number of carbonyl (C=O) groups is 3. The molecule has 0 aliphatic carbocycles. The van der Waals surface area contributed by atoms with Gasteiger partial charge in [-0.3, -0.25) is 14.4 Å². The average Bonchev–Trinajstić information content (AvgIpc) is 2.50. The molecule has 7 heteroatoms. The summed E-state index contributed by atoms with van der Waals surface area (Å²) in [5.74, 6) is -0.730. The highest BCUT2D eigenvalue weighted by Gasteiger charge is 2.17. The molecular formula is C15H18N4O3. The first-order valence-corrected chi connectivity index (χ1v) is 7.05. The lowest BCUT2D eigenvalue weighted by Gasteiger charge is -2.12. The Kier molecular flexibility index (Phi) is 5.24. The van der Waals surface area contributed by atoms with Crippen LogP contribution in [0.2, 0.25) is 0 Å². The van der Waals surface area contributed by atoms with Crippen molar-refractivity contribution in [2.75, 3.05) is 11.9 Å². The van der Waals surface area contributed by atoms with Crippen LogP contribution >= 0.6 is 0 Å². The predicted octanol–water partition coefficient (Wildman–Crippen LogP) is 0.706. The number of carbonyl (C=O) groups excluding carboxylic acids is 3. The van der Waals surface area contributed by atoms with Gasteiger partial charge in [0.25, 0.3) is 5.91 Å². The molecule has 1 aromatic carbocycles. The minimum atomic E-state index is -0.358. The Hall–Kier alpha value is -2.70. The number of para-hydroxylation sites is 1. The van der Waals surface area contributed by atoms with Crippen LogP contribution in [-0.2, 0) is 14.4 Å². The highest BCUT2D eigenvalue weighted by Crippen LogP contribution is 2.13. The molecule has 0 bridgehead atoms. The molecule has 3 N–H and O–H groups in total. The largest absolute Gasteiger partial charge is 0.350 e. The van der Waals surface area contributed by atoms with Gasteiger partial charge >= 0.3 is 0 Å². The van der Waals surface area contributed by atoms with Crippen molar-refractivity contribution >= 4 is 29.1 Å². The maximum Gasteiger partial charge on any atom is 0.267 e. The van der Waals surface area contributed by atoms with Gasteiger partial charge < -0.3 is 10.6 Å². The second kappa shape index (κ2) is 7.35. The van der Waals surface area contributed by atoms with E-state index in [1.54, 1.807) is 0 Å². The normalized spacial score (nSPS) is 13.9. The van der Waals surface area contributed by atoms with Gasteiger partial charge in [0.15, 0.2) is 0 Å². The van der Waals surface area contributed by atoms with E-state index in [1.165, 1.54) is 0 Å². The van der Waals surface area contributed by atoms with E-state index >= 15 is 0 Å². The van der Waals surface area contributed by atoms with Gasteiger partial charge in [0.05, 0.1) is 0 Å². The average molecular weight is 302 g/mol. The third kappa shape index (κ3) is 4.41. The fraction of sp³-hybridized carbons (Fsp3) is 0.333. The van der Waals surface area contributed by atoms with Crippen LogP contribution in [0.5, 0.6) is 0 Å². The van der Waals surface area contributed by atoms with Gasteiger partial charge in [0.2, 0.25) is 11.8 Å². The molecule has 0 spiro atoms. The quantitative estimate of drug-likeness (QED) is 0.746. The highest BCUT2D eigenvalue weighted by atomic mass is 16.2. The topological polar surface area (TPSA) is 99.7 Å². The molecule has 3 amide bonds. The van der Waals surface area contributed by atoms with Crippen LogP contribution < -0.4 is 16.1 Å². The summed E-state index contributed by atoms with van der Waals surface area (Å²) < 4.78 is 0. The molecule has 0 radical (unpaired) electrons. The Morgan fingerprint density at radius 3 is 2.73 bits per heavy atom. The highest BCUT2D eigenvalue weighted by molar-refractivity contribution is 6.39. The van der Waals surface area contributed by atoms with Crippen molar-refractivity contribution in [1.29, 1.82) is 0 Å². The molecule has 0 saturated carbocycles. The maximum absolute atomic E-state index is 11.8. The first-order valence-electron chi connectivity index (χ1n) is 7.05. The number of anilines is 1. The summed E-state index contributed by atoms with van der Waals surface area (Å²) in [6.07, 6.45) is 0.729. The number of rotatable bonds is 5. The zero-order chi connectivity index (χ0) is 15.9. The summed E-state index contributed by atoms with van der Waals surface area (Å²) in [5.41, 5.74) is 4.28. The van der Waals surface area contributed by atoms with Gasteiger partial charge in [-0.25, -0.2) is 5.43 Å². The van der Waals surface area contributed by atoms with Crippen molar-refractivity contribution in [3.05, 3.63) is 29.8 Å². The van der Waals surface area contributed by atoms with Crippen molar-refractivity contribution < 1.29 is 14.4 Å². The van der Waals surface area contributed by atoms with Crippen LogP contribution in [0.15, 0.2) is 29.4 Å². The molecule has 22 heavy (non-hydrogen) atoms. The third-order valence-corrected chi connectivity index (χ3v) is 3.22. The van der Waals surface area contributed by atoms with Gasteiger partial charge in [-0.05, 0) is 18.6 Å². The Labute approximate surface area is 128 Å². The van der Waals surface area contributed by atoms with E-state index in [4.69, 9.17) is 0 Å². The lowest BCUT2D eigenvalue weighted by molar-refractivity contribution is -0.121. The second-order valence-electron chi connectivity index (χ2n) is 4.96. The molecule has 1 aliphatic heterocycles. The Bertz CT molecular complexity index is 625. The summed E-state index contributed by atoms with van der Waals surface area (Å²) in [5, 5.41) is 9.10.